The van der Waals surface area contributed by atoms with Gasteiger partial charge in [-0.3, -0.25) is 4.79 Å². The first-order chi connectivity index (χ1) is 10.3. The van der Waals surface area contributed by atoms with Crippen molar-refractivity contribution in [3.8, 4) is 5.69 Å². The second kappa shape index (κ2) is 6.96. The van der Waals surface area contributed by atoms with E-state index in [0.29, 0.717) is 5.75 Å². The number of rotatable bonds is 5. The van der Waals surface area contributed by atoms with Crippen molar-refractivity contribution in [3.05, 3.63) is 42.2 Å². The van der Waals surface area contributed by atoms with E-state index in [4.69, 9.17) is 0 Å². The van der Waals surface area contributed by atoms with E-state index in [1.807, 2.05) is 31.2 Å². The van der Waals surface area contributed by atoms with Crippen LogP contribution < -0.4 is 5.32 Å². The van der Waals surface area contributed by atoms with E-state index in [1.165, 1.54) is 0 Å². The summed E-state index contributed by atoms with van der Waals surface area (Å²) >= 11 is 1.65. The lowest BCUT2D eigenvalue weighted by Gasteiger charge is -2.19. The highest BCUT2D eigenvalue weighted by atomic mass is 32.2. The molecule has 1 aromatic carbocycles. The first kappa shape index (κ1) is 16.5. The molecule has 118 valence electrons. The van der Waals surface area contributed by atoms with E-state index in [9.17, 15) is 4.79 Å². The second-order valence-corrected chi connectivity index (χ2v) is 7.93. The van der Waals surface area contributed by atoms with Crippen LogP contribution in [0, 0.1) is 0 Å². The molecule has 0 saturated carbocycles. The van der Waals surface area contributed by atoms with E-state index < -0.39 is 0 Å². The first-order valence-corrected chi connectivity index (χ1v) is 8.24. The second-order valence-electron chi connectivity index (χ2n) is 6.13. The number of hydrogen-bond donors (Lipinski definition) is 1. The Bertz CT molecular complexity index is 602. The van der Waals surface area contributed by atoms with Gasteiger partial charge in [-0.15, -0.1) is 16.9 Å². The van der Waals surface area contributed by atoms with Crippen molar-refractivity contribution in [2.24, 2.45) is 0 Å². The molecule has 6 heteroatoms. The third-order valence-electron chi connectivity index (χ3n) is 3.09. The van der Waals surface area contributed by atoms with Crippen LogP contribution in [0.4, 0.5) is 0 Å². The van der Waals surface area contributed by atoms with Crippen LogP contribution in [0.15, 0.2) is 36.7 Å². The molecule has 1 aromatic heterocycles. The maximum absolute atomic E-state index is 12.0. The van der Waals surface area contributed by atoms with Gasteiger partial charge in [-0.05, 0) is 24.6 Å². The minimum Gasteiger partial charge on any atom is -0.349 e. The van der Waals surface area contributed by atoms with E-state index in [-0.39, 0.29) is 16.7 Å². The fourth-order valence-electron chi connectivity index (χ4n) is 1.91. The molecule has 22 heavy (non-hydrogen) atoms. The summed E-state index contributed by atoms with van der Waals surface area (Å²) in [6, 6.07) is 7.92. The van der Waals surface area contributed by atoms with Crippen LogP contribution in [0.25, 0.3) is 5.69 Å². The Hall–Kier alpha value is -1.82. The molecule has 0 radical (unpaired) electrons. The number of nitrogens with zero attached hydrogens (tertiary/aromatic N) is 3. The number of aromatic nitrogens is 3. The largest absolute Gasteiger partial charge is 0.349 e. The lowest BCUT2D eigenvalue weighted by Crippen LogP contribution is -2.29. The summed E-state index contributed by atoms with van der Waals surface area (Å²) < 4.78 is 1.80. The van der Waals surface area contributed by atoms with Gasteiger partial charge in [0.05, 0.1) is 29.9 Å². The number of benzene rings is 1. The van der Waals surface area contributed by atoms with Crippen LogP contribution >= 0.6 is 11.8 Å². The minimum absolute atomic E-state index is 0.0159. The zero-order chi connectivity index (χ0) is 16.2. The lowest BCUT2D eigenvalue weighted by atomic mass is 10.1. The summed E-state index contributed by atoms with van der Waals surface area (Å²) in [5, 5.41) is 10.8. The van der Waals surface area contributed by atoms with Crippen LogP contribution in [-0.4, -0.2) is 31.4 Å². The molecule has 0 aliphatic carbocycles. The fraction of sp³-hybridized carbons (Fsp3) is 0.438. The van der Waals surface area contributed by atoms with E-state index in [1.54, 1.807) is 28.8 Å². The standard InChI is InChI=1S/C16H22N4OS/c1-12(18-15(21)11-22-16(2,3)4)13-5-7-14(8-6-13)20-10-9-17-19-20/h5-10,12H,11H2,1-4H3,(H,18,21). The summed E-state index contributed by atoms with van der Waals surface area (Å²) in [4.78, 5) is 12.0. The van der Waals surface area contributed by atoms with Gasteiger partial charge in [-0.1, -0.05) is 38.1 Å². The van der Waals surface area contributed by atoms with Crippen LogP contribution in [0.5, 0.6) is 0 Å². The lowest BCUT2D eigenvalue weighted by molar-refractivity contribution is -0.119. The minimum atomic E-state index is -0.0159. The fourth-order valence-corrected chi connectivity index (χ4v) is 2.56. The van der Waals surface area contributed by atoms with Crippen molar-refractivity contribution >= 4 is 17.7 Å². The van der Waals surface area contributed by atoms with E-state index in [0.717, 1.165) is 11.3 Å². The van der Waals surface area contributed by atoms with Gasteiger partial charge in [0.2, 0.25) is 5.91 Å². The molecule has 0 saturated heterocycles. The topological polar surface area (TPSA) is 59.8 Å². The quantitative estimate of drug-likeness (QED) is 0.921. The van der Waals surface area contributed by atoms with Gasteiger partial charge in [0, 0.05) is 4.75 Å². The normalized spacial score (nSPS) is 12.9. The maximum atomic E-state index is 12.0. The molecular formula is C16H22N4OS. The summed E-state index contributed by atoms with van der Waals surface area (Å²) in [5.74, 6) is 0.540. The number of carbonyl (C=O) groups excluding carboxylic acids is 1. The molecule has 5 nitrogen and oxygen atoms in total. The molecule has 0 aliphatic heterocycles. The average molecular weight is 318 g/mol. The number of nitrogens with one attached hydrogen (secondary N) is 1. The molecule has 1 atom stereocenters. The van der Waals surface area contributed by atoms with Crippen molar-refractivity contribution < 1.29 is 4.79 Å². The zero-order valence-electron chi connectivity index (χ0n) is 13.4. The van der Waals surface area contributed by atoms with Gasteiger partial charge in [0.1, 0.15) is 0 Å². The Morgan fingerprint density at radius 1 is 1.32 bits per heavy atom. The Morgan fingerprint density at radius 2 is 2.00 bits per heavy atom. The van der Waals surface area contributed by atoms with Crippen molar-refractivity contribution in [2.45, 2.75) is 38.5 Å². The molecule has 0 bridgehead atoms. The van der Waals surface area contributed by atoms with Crippen molar-refractivity contribution in [1.82, 2.24) is 20.3 Å². The average Bonchev–Trinajstić information content (AvgIpc) is 2.99. The van der Waals surface area contributed by atoms with Crippen LogP contribution in [0.1, 0.15) is 39.3 Å². The highest BCUT2D eigenvalue weighted by Crippen LogP contribution is 2.23. The SMILES string of the molecule is CC(NC(=O)CSC(C)(C)C)c1ccc(-n2ccnn2)cc1. The monoisotopic (exact) mass is 318 g/mol. The van der Waals surface area contributed by atoms with Crippen molar-refractivity contribution in [3.63, 3.8) is 0 Å². The van der Waals surface area contributed by atoms with Gasteiger partial charge in [-0.25, -0.2) is 4.68 Å². The molecule has 1 heterocycles. The summed E-state index contributed by atoms with van der Waals surface area (Å²) in [7, 11) is 0. The molecule has 1 unspecified atom stereocenters. The molecule has 2 aromatic rings. The van der Waals surface area contributed by atoms with Gasteiger partial charge < -0.3 is 5.32 Å². The van der Waals surface area contributed by atoms with Crippen molar-refractivity contribution in [2.75, 3.05) is 5.75 Å². The Balaban J connectivity index is 1.92. The molecule has 0 spiro atoms. The smallest absolute Gasteiger partial charge is 0.230 e. The first-order valence-electron chi connectivity index (χ1n) is 7.25. The molecule has 1 amide bonds. The maximum Gasteiger partial charge on any atom is 0.230 e. The van der Waals surface area contributed by atoms with E-state index >= 15 is 0 Å². The Morgan fingerprint density at radius 3 is 2.55 bits per heavy atom. The summed E-state index contributed by atoms with van der Waals surface area (Å²) in [5.41, 5.74) is 2.01. The van der Waals surface area contributed by atoms with E-state index in [2.05, 4.69) is 36.4 Å². The number of amides is 1. The molecule has 0 aliphatic rings. The summed E-state index contributed by atoms with van der Waals surface area (Å²) in [6.07, 6.45) is 3.44. The van der Waals surface area contributed by atoms with Gasteiger partial charge >= 0.3 is 0 Å². The van der Waals surface area contributed by atoms with Gasteiger partial charge in [0.15, 0.2) is 0 Å². The molecule has 2 rings (SSSR count). The highest BCUT2D eigenvalue weighted by Gasteiger charge is 2.15. The third-order valence-corrected chi connectivity index (χ3v) is 4.37. The summed E-state index contributed by atoms with van der Waals surface area (Å²) in [6.45, 7) is 8.32. The number of thioether (sulfide) groups is 1. The van der Waals surface area contributed by atoms with Gasteiger partial charge in [0.25, 0.3) is 0 Å². The number of carbonyl (C=O) groups is 1. The zero-order valence-corrected chi connectivity index (χ0v) is 14.2. The van der Waals surface area contributed by atoms with Crippen LogP contribution in [-0.2, 0) is 4.79 Å². The Labute approximate surface area is 135 Å². The molecule has 0 fully saturated rings. The third kappa shape index (κ3) is 4.87. The van der Waals surface area contributed by atoms with Crippen LogP contribution in [0.2, 0.25) is 0 Å². The molecular weight excluding hydrogens is 296 g/mol. The number of hydrogen-bond acceptors (Lipinski definition) is 4. The Kier molecular flexibility index (Phi) is 5.24. The predicted molar refractivity (Wildman–Crippen MR) is 90.1 cm³/mol. The van der Waals surface area contributed by atoms with Crippen LogP contribution in [0.3, 0.4) is 0 Å². The van der Waals surface area contributed by atoms with Gasteiger partial charge in [-0.2, -0.15) is 0 Å². The highest BCUT2D eigenvalue weighted by molar-refractivity contribution is 8.01. The predicted octanol–water partition coefficient (Wildman–Crippen LogP) is 2.98. The molecule has 1 N–H and O–H groups in total. The van der Waals surface area contributed by atoms with Crippen molar-refractivity contribution in [1.29, 1.82) is 0 Å².